The van der Waals surface area contributed by atoms with Crippen molar-refractivity contribution in [3.05, 3.63) is 48.2 Å². The zero-order chi connectivity index (χ0) is 19.3. The van der Waals surface area contributed by atoms with Gasteiger partial charge in [-0.1, -0.05) is 12.1 Å². The van der Waals surface area contributed by atoms with Gasteiger partial charge in [-0.15, -0.1) is 0 Å². The summed E-state index contributed by atoms with van der Waals surface area (Å²) in [6.45, 7) is 4.09. The normalized spacial score (nSPS) is 19.0. The molecule has 7 heteroatoms. The Balaban J connectivity index is 1.36. The largest absolute Gasteiger partial charge is 0.486 e. The second-order valence-corrected chi connectivity index (χ2v) is 7.04. The topological polar surface area (TPSA) is 64.1 Å². The quantitative estimate of drug-likeness (QED) is 0.807. The Kier molecular flexibility index (Phi) is 5.62. The number of rotatable bonds is 4. The Morgan fingerprint density at radius 3 is 2.86 bits per heavy atom. The predicted molar refractivity (Wildman–Crippen MR) is 105 cm³/mol. The summed E-state index contributed by atoms with van der Waals surface area (Å²) in [6.07, 6.45) is 2.43. The van der Waals surface area contributed by atoms with Gasteiger partial charge in [-0.25, -0.2) is 4.98 Å². The van der Waals surface area contributed by atoms with E-state index in [2.05, 4.69) is 9.88 Å². The summed E-state index contributed by atoms with van der Waals surface area (Å²) in [7, 11) is 1.77. The van der Waals surface area contributed by atoms with Crippen molar-refractivity contribution in [3.8, 4) is 11.5 Å². The van der Waals surface area contributed by atoms with E-state index in [4.69, 9.17) is 14.2 Å². The highest BCUT2D eigenvalue weighted by atomic mass is 16.6. The van der Waals surface area contributed by atoms with Crippen molar-refractivity contribution in [2.45, 2.75) is 12.5 Å². The molecule has 4 rings (SSSR count). The number of likely N-dealkylation sites (N-methyl/N-ethyl adjacent to an activating group) is 1. The zero-order valence-corrected chi connectivity index (χ0v) is 16.0. The van der Waals surface area contributed by atoms with Crippen molar-refractivity contribution in [3.63, 3.8) is 0 Å². The molecule has 0 spiro atoms. The van der Waals surface area contributed by atoms with Crippen LogP contribution in [-0.2, 0) is 4.74 Å². The molecule has 1 amide bonds. The van der Waals surface area contributed by atoms with Crippen LogP contribution >= 0.6 is 0 Å². The number of fused-ring (bicyclic) bond motifs is 1. The monoisotopic (exact) mass is 383 g/mol. The minimum absolute atomic E-state index is 0.0827. The highest BCUT2D eigenvalue weighted by Gasteiger charge is 2.24. The van der Waals surface area contributed by atoms with Crippen molar-refractivity contribution in [2.75, 3.05) is 51.4 Å². The van der Waals surface area contributed by atoms with Crippen LogP contribution in [0.3, 0.4) is 0 Å². The van der Waals surface area contributed by atoms with E-state index in [0.29, 0.717) is 31.1 Å². The van der Waals surface area contributed by atoms with E-state index >= 15 is 0 Å². The second kappa shape index (κ2) is 8.48. The molecule has 1 fully saturated rings. The van der Waals surface area contributed by atoms with Crippen molar-refractivity contribution < 1.29 is 19.0 Å². The number of carbonyl (C=O) groups excluding carboxylic acids is 1. The van der Waals surface area contributed by atoms with Crippen molar-refractivity contribution in [2.24, 2.45) is 0 Å². The molecule has 2 aromatic rings. The Morgan fingerprint density at radius 2 is 2.04 bits per heavy atom. The number of aromatic nitrogens is 1. The van der Waals surface area contributed by atoms with E-state index in [1.54, 1.807) is 18.1 Å². The summed E-state index contributed by atoms with van der Waals surface area (Å²) in [6, 6.07) is 11.3. The fourth-order valence-electron chi connectivity index (χ4n) is 3.44. The molecule has 0 aliphatic carbocycles. The van der Waals surface area contributed by atoms with E-state index in [1.165, 1.54) is 0 Å². The lowest BCUT2D eigenvalue weighted by Gasteiger charge is -2.29. The number of hydrogen-bond donors (Lipinski definition) is 0. The molecule has 0 bridgehead atoms. The molecule has 1 saturated heterocycles. The van der Waals surface area contributed by atoms with Gasteiger partial charge >= 0.3 is 0 Å². The molecule has 1 aromatic carbocycles. The zero-order valence-electron chi connectivity index (χ0n) is 16.0. The lowest BCUT2D eigenvalue weighted by Crippen LogP contribution is -2.41. The lowest BCUT2D eigenvalue weighted by atomic mass is 10.2. The van der Waals surface area contributed by atoms with Gasteiger partial charge in [0.05, 0.1) is 18.7 Å². The van der Waals surface area contributed by atoms with Crippen LogP contribution in [0, 0.1) is 0 Å². The Bertz CT molecular complexity index is 804. The summed E-state index contributed by atoms with van der Waals surface area (Å²) in [5, 5.41) is 0. The molecule has 0 N–H and O–H groups in total. The maximum absolute atomic E-state index is 12.8. The highest BCUT2D eigenvalue weighted by molar-refractivity contribution is 5.94. The number of para-hydroxylation sites is 2. The van der Waals surface area contributed by atoms with E-state index in [1.807, 2.05) is 36.4 Å². The molecule has 28 heavy (non-hydrogen) atoms. The fraction of sp³-hybridized carbons (Fsp3) is 0.429. The van der Waals surface area contributed by atoms with E-state index in [9.17, 15) is 4.79 Å². The number of hydrogen-bond acceptors (Lipinski definition) is 6. The summed E-state index contributed by atoms with van der Waals surface area (Å²) in [5.74, 6) is 2.25. The van der Waals surface area contributed by atoms with E-state index in [0.717, 1.165) is 37.7 Å². The highest BCUT2D eigenvalue weighted by Crippen LogP contribution is 2.31. The minimum Gasteiger partial charge on any atom is -0.486 e. The first-order chi connectivity index (χ1) is 13.7. The maximum atomic E-state index is 12.8. The molecule has 7 nitrogen and oxygen atoms in total. The summed E-state index contributed by atoms with van der Waals surface area (Å²) in [5.41, 5.74) is 0.564. The van der Waals surface area contributed by atoms with Crippen LogP contribution in [-0.4, -0.2) is 68.4 Å². The molecule has 0 radical (unpaired) electrons. The van der Waals surface area contributed by atoms with Crippen molar-refractivity contribution >= 4 is 11.7 Å². The van der Waals surface area contributed by atoms with Crippen LogP contribution in [0.5, 0.6) is 11.5 Å². The molecule has 1 atom stereocenters. The first kappa shape index (κ1) is 18.6. The van der Waals surface area contributed by atoms with E-state index < -0.39 is 0 Å². The second-order valence-electron chi connectivity index (χ2n) is 7.04. The molecule has 2 aliphatic rings. The van der Waals surface area contributed by atoms with Crippen molar-refractivity contribution in [1.82, 2.24) is 9.88 Å². The van der Waals surface area contributed by atoms with Gasteiger partial charge in [-0.3, -0.25) is 4.79 Å². The van der Waals surface area contributed by atoms with Gasteiger partial charge in [-0.05, 0) is 30.7 Å². The summed E-state index contributed by atoms with van der Waals surface area (Å²) < 4.78 is 17.2. The standard InChI is InChI=1S/C21H25N3O4/c1-23(14-17-15-27-18-5-2-3-6-19(18)28-17)21(25)16-7-8-20(22-13-16)24-9-4-11-26-12-10-24/h2-3,5-8,13,17H,4,9-12,14-15H2,1H3/t17-/m0/s1. The third-order valence-electron chi connectivity index (χ3n) is 4.93. The van der Waals surface area contributed by atoms with Crippen LogP contribution in [0.4, 0.5) is 5.82 Å². The first-order valence-electron chi connectivity index (χ1n) is 9.63. The van der Waals surface area contributed by atoms with Gasteiger partial charge in [0.1, 0.15) is 12.4 Å². The third-order valence-corrected chi connectivity index (χ3v) is 4.93. The smallest absolute Gasteiger partial charge is 0.255 e. The Labute approximate surface area is 164 Å². The SMILES string of the molecule is CN(C[C@H]1COc2ccccc2O1)C(=O)c1ccc(N2CCCOCC2)nc1. The molecular weight excluding hydrogens is 358 g/mol. The molecular formula is C21H25N3O4. The van der Waals surface area contributed by atoms with Gasteiger partial charge < -0.3 is 24.0 Å². The number of ether oxygens (including phenoxy) is 3. The fourth-order valence-corrected chi connectivity index (χ4v) is 3.44. The Morgan fingerprint density at radius 1 is 1.18 bits per heavy atom. The molecule has 0 saturated carbocycles. The maximum Gasteiger partial charge on any atom is 0.255 e. The molecule has 2 aliphatic heterocycles. The predicted octanol–water partition coefficient (Wildman–Crippen LogP) is 2.22. The number of anilines is 1. The minimum atomic E-state index is -0.201. The van der Waals surface area contributed by atoms with Gasteiger partial charge in [0.25, 0.3) is 5.91 Å². The third kappa shape index (κ3) is 4.20. The van der Waals surface area contributed by atoms with Gasteiger partial charge in [0, 0.05) is 32.9 Å². The van der Waals surface area contributed by atoms with Gasteiger partial charge in [0.15, 0.2) is 17.6 Å². The average Bonchev–Trinajstić information content (AvgIpc) is 3.03. The number of pyridine rings is 1. The number of carbonyl (C=O) groups is 1. The van der Waals surface area contributed by atoms with Gasteiger partial charge in [-0.2, -0.15) is 0 Å². The molecule has 3 heterocycles. The molecule has 0 unspecified atom stereocenters. The summed E-state index contributed by atoms with van der Waals surface area (Å²) in [4.78, 5) is 21.1. The van der Waals surface area contributed by atoms with Crippen molar-refractivity contribution in [1.29, 1.82) is 0 Å². The average molecular weight is 383 g/mol. The lowest BCUT2D eigenvalue weighted by molar-refractivity contribution is 0.0520. The van der Waals surface area contributed by atoms with Crippen LogP contribution < -0.4 is 14.4 Å². The van der Waals surface area contributed by atoms with Crippen LogP contribution in [0.1, 0.15) is 16.8 Å². The van der Waals surface area contributed by atoms with Crippen LogP contribution in [0.15, 0.2) is 42.6 Å². The first-order valence-corrected chi connectivity index (χ1v) is 9.63. The summed E-state index contributed by atoms with van der Waals surface area (Å²) >= 11 is 0. The Hall–Kier alpha value is -2.80. The molecule has 148 valence electrons. The number of nitrogens with zero attached hydrogens (tertiary/aromatic N) is 3. The number of amides is 1. The van der Waals surface area contributed by atoms with E-state index in [-0.39, 0.29) is 12.0 Å². The van der Waals surface area contributed by atoms with Gasteiger partial charge in [0.2, 0.25) is 0 Å². The van der Waals surface area contributed by atoms with Crippen LogP contribution in [0.2, 0.25) is 0 Å². The van der Waals surface area contributed by atoms with Crippen LogP contribution in [0.25, 0.3) is 0 Å². The number of benzene rings is 1. The molecule has 1 aromatic heterocycles.